The van der Waals surface area contributed by atoms with Gasteiger partial charge < -0.3 is 5.32 Å². The molecular weight excluding hydrogens is 180 g/mol. The number of aryl methyl sites for hydroxylation is 2. The van der Waals surface area contributed by atoms with Gasteiger partial charge in [0.1, 0.15) is 0 Å². The quantitative estimate of drug-likeness (QED) is 0.745. The van der Waals surface area contributed by atoms with E-state index in [1.165, 1.54) is 28.4 Å². The van der Waals surface area contributed by atoms with Gasteiger partial charge in [-0.15, -0.1) is 11.3 Å². The summed E-state index contributed by atoms with van der Waals surface area (Å²) in [6.45, 7) is 6.60. The summed E-state index contributed by atoms with van der Waals surface area (Å²) < 4.78 is 0. The van der Waals surface area contributed by atoms with E-state index in [9.17, 15) is 0 Å². The van der Waals surface area contributed by atoms with Crippen LogP contribution in [0, 0.1) is 13.8 Å². The highest BCUT2D eigenvalue weighted by Gasteiger charge is 2.19. The van der Waals surface area contributed by atoms with Crippen LogP contribution in [0.1, 0.15) is 34.3 Å². The Balaban J connectivity index is 2.18. The van der Waals surface area contributed by atoms with Gasteiger partial charge in [0.25, 0.3) is 0 Å². The smallest absolute Gasteiger partial charge is 0.0900 e. The molecule has 2 rings (SSSR count). The van der Waals surface area contributed by atoms with Crippen LogP contribution < -0.4 is 5.32 Å². The molecular formula is C10H16N2S. The van der Waals surface area contributed by atoms with E-state index < -0.39 is 0 Å². The lowest BCUT2D eigenvalue weighted by atomic mass is 9.94. The van der Waals surface area contributed by atoms with Crippen molar-refractivity contribution in [2.24, 2.45) is 0 Å². The van der Waals surface area contributed by atoms with Crippen molar-refractivity contribution in [1.29, 1.82) is 0 Å². The van der Waals surface area contributed by atoms with Crippen LogP contribution in [0.25, 0.3) is 0 Å². The molecule has 0 aliphatic carbocycles. The van der Waals surface area contributed by atoms with Crippen molar-refractivity contribution in [3.8, 4) is 0 Å². The zero-order valence-corrected chi connectivity index (χ0v) is 9.08. The lowest BCUT2D eigenvalue weighted by molar-refractivity contribution is 0.453. The highest BCUT2D eigenvalue weighted by Crippen LogP contribution is 2.29. The Kier molecular flexibility index (Phi) is 2.65. The molecule has 2 nitrogen and oxygen atoms in total. The van der Waals surface area contributed by atoms with Crippen LogP contribution >= 0.6 is 11.3 Å². The van der Waals surface area contributed by atoms with Crippen molar-refractivity contribution in [3.63, 3.8) is 0 Å². The first-order valence-electron chi connectivity index (χ1n) is 4.92. The van der Waals surface area contributed by atoms with Crippen molar-refractivity contribution >= 4 is 11.3 Å². The molecule has 0 bridgehead atoms. The standard InChI is InChI=1S/C10H16N2S/c1-7-10(12-8(2)13-7)9-3-5-11-6-4-9/h9,11H,3-6H2,1-2H3. The maximum atomic E-state index is 4.62. The molecule has 1 aromatic rings. The fourth-order valence-corrected chi connectivity index (χ4v) is 2.92. The average molecular weight is 196 g/mol. The lowest BCUT2D eigenvalue weighted by Gasteiger charge is -2.21. The third kappa shape index (κ3) is 1.92. The number of nitrogens with zero attached hydrogens (tertiary/aromatic N) is 1. The predicted octanol–water partition coefficient (Wildman–Crippen LogP) is 2.23. The Hall–Kier alpha value is -0.410. The van der Waals surface area contributed by atoms with Crippen LogP contribution in [-0.2, 0) is 0 Å². The molecule has 0 radical (unpaired) electrons. The summed E-state index contributed by atoms with van der Waals surface area (Å²) in [5, 5.41) is 4.60. The molecule has 1 aliphatic rings. The van der Waals surface area contributed by atoms with E-state index >= 15 is 0 Å². The van der Waals surface area contributed by atoms with Gasteiger partial charge in [-0.1, -0.05) is 0 Å². The minimum absolute atomic E-state index is 0.714. The lowest BCUT2D eigenvalue weighted by Crippen LogP contribution is -2.27. The molecule has 72 valence electrons. The molecule has 0 unspecified atom stereocenters. The van der Waals surface area contributed by atoms with Crippen LogP contribution in [-0.4, -0.2) is 18.1 Å². The van der Waals surface area contributed by atoms with Crippen molar-refractivity contribution in [2.75, 3.05) is 13.1 Å². The fraction of sp³-hybridized carbons (Fsp3) is 0.700. The summed E-state index contributed by atoms with van der Waals surface area (Å²) in [6.07, 6.45) is 2.51. The van der Waals surface area contributed by atoms with Gasteiger partial charge in [-0.2, -0.15) is 0 Å². The molecule has 0 saturated carbocycles. The highest BCUT2D eigenvalue weighted by molar-refractivity contribution is 7.11. The fourth-order valence-electron chi connectivity index (χ4n) is 2.02. The van der Waals surface area contributed by atoms with E-state index in [0.29, 0.717) is 5.92 Å². The maximum Gasteiger partial charge on any atom is 0.0900 e. The van der Waals surface area contributed by atoms with E-state index in [-0.39, 0.29) is 0 Å². The summed E-state index contributed by atoms with van der Waals surface area (Å²) >= 11 is 1.83. The van der Waals surface area contributed by atoms with Gasteiger partial charge in [-0.3, -0.25) is 0 Å². The first-order chi connectivity index (χ1) is 6.27. The number of nitrogens with one attached hydrogen (secondary N) is 1. The van der Waals surface area contributed by atoms with Gasteiger partial charge in [0.05, 0.1) is 10.7 Å². The molecule has 0 aromatic carbocycles. The summed E-state index contributed by atoms with van der Waals surface area (Å²) in [5.41, 5.74) is 1.36. The minimum Gasteiger partial charge on any atom is -0.317 e. The van der Waals surface area contributed by atoms with E-state index in [1.807, 2.05) is 11.3 Å². The van der Waals surface area contributed by atoms with E-state index in [0.717, 1.165) is 13.1 Å². The predicted molar refractivity (Wildman–Crippen MR) is 56.4 cm³/mol. The first-order valence-corrected chi connectivity index (χ1v) is 5.73. The third-order valence-electron chi connectivity index (χ3n) is 2.67. The topological polar surface area (TPSA) is 24.9 Å². The number of rotatable bonds is 1. The Bertz CT molecular complexity index is 287. The Morgan fingerprint density at radius 1 is 1.31 bits per heavy atom. The molecule has 1 aromatic heterocycles. The van der Waals surface area contributed by atoms with E-state index in [2.05, 4.69) is 24.1 Å². The maximum absolute atomic E-state index is 4.62. The van der Waals surface area contributed by atoms with Crippen molar-refractivity contribution in [3.05, 3.63) is 15.6 Å². The zero-order chi connectivity index (χ0) is 9.26. The number of aromatic nitrogens is 1. The Morgan fingerprint density at radius 2 is 2.00 bits per heavy atom. The number of hydrogen-bond donors (Lipinski definition) is 1. The van der Waals surface area contributed by atoms with Crippen molar-refractivity contribution < 1.29 is 0 Å². The van der Waals surface area contributed by atoms with Crippen LogP contribution in [0.3, 0.4) is 0 Å². The molecule has 1 N–H and O–H groups in total. The molecule has 0 amide bonds. The summed E-state index contributed by atoms with van der Waals surface area (Å²) in [6, 6.07) is 0. The van der Waals surface area contributed by atoms with Gasteiger partial charge in [-0.05, 0) is 39.8 Å². The van der Waals surface area contributed by atoms with Crippen LogP contribution in [0.4, 0.5) is 0 Å². The molecule has 1 aliphatic heterocycles. The largest absolute Gasteiger partial charge is 0.317 e. The average Bonchev–Trinajstić information content (AvgIpc) is 2.47. The molecule has 1 saturated heterocycles. The van der Waals surface area contributed by atoms with Crippen molar-refractivity contribution in [1.82, 2.24) is 10.3 Å². The normalized spacial score (nSPS) is 19.2. The second kappa shape index (κ2) is 3.76. The second-order valence-electron chi connectivity index (χ2n) is 3.70. The number of piperidine rings is 1. The first kappa shape index (κ1) is 9.16. The van der Waals surface area contributed by atoms with Crippen LogP contribution in [0.2, 0.25) is 0 Å². The SMILES string of the molecule is Cc1nc(C2CCNCC2)c(C)s1. The number of thiazole rings is 1. The summed E-state index contributed by atoms with van der Waals surface area (Å²) in [4.78, 5) is 6.05. The van der Waals surface area contributed by atoms with Gasteiger partial charge >= 0.3 is 0 Å². The van der Waals surface area contributed by atoms with Crippen LogP contribution in [0.5, 0.6) is 0 Å². The minimum atomic E-state index is 0.714. The molecule has 0 spiro atoms. The Labute approximate surface area is 83.4 Å². The Morgan fingerprint density at radius 3 is 2.54 bits per heavy atom. The highest BCUT2D eigenvalue weighted by atomic mass is 32.1. The molecule has 13 heavy (non-hydrogen) atoms. The van der Waals surface area contributed by atoms with Crippen molar-refractivity contribution in [2.45, 2.75) is 32.6 Å². The van der Waals surface area contributed by atoms with E-state index in [4.69, 9.17) is 0 Å². The molecule has 1 fully saturated rings. The van der Waals surface area contributed by atoms with Gasteiger partial charge in [0.2, 0.25) is 0 Å². The zero-order valence-electron chi connectivity index (χ0n) is 8.26. The van der Waals surface area contributed by atoms with Gasteiger partial charge in [-0.25, -0.2) is 4.98 Å². The summed E-state index contributed by atoms with van der Waals surface area (Å²) in [7, 11) is 0. The molecule has 3 heteroatoms. The monoisotopic (exact) mass is 196 g/mol. The van der Waals surface area contributed by atoms with Crippen LogP contribution in [0.15, 0.2) is 0 Å². The van der Waals surface area contributed by atoms with Gasteiger partial charge in [0.15, 0.2) is 0 Å². The van der Waals surface area contributed by atoms with Gasteiger partial charge in [0, 0.05) is 10.8 Å². The summed E-state index contributed by atoms with van der Waals surface area (Å²) in [5.74, 6) is 0.714. The third-order valence-corrected chi connectivity index (χ3v) is 3.57. The second-order valence-corrected chi connectivity index (χ2v) is 5.11. The number of hydrogen-bond acceptors (Lipinski definition) is 3. The molecule has 2 heterocycles. The molecule has 0 atom stereocenters. The van der Waals surface area contributed by atoms with E-state index in [1.54, 1.807) is 0 Å².